The van der Waals surface area contributed by atoms with E-state index in [1.54, 1.807) is 19.2 Å². The summed E-state index contributed by atoms with van der Waals surface area (Å²) in [6.45, 7) is 5.48. The molecule has 0 spiro atoms. The third-order valence-electron chi connectivity index (χ3n) is 3.99. The van der Waals surface area contributed by atoms with Gasteiger partial charge in [-0.3, -0.25) is 4.79 Å². The second-order valence-corrected chi connectivity index (χ2v) is 6.09. The number of halogens is 1. The number of hydrogen-bond donors (Lipinski definition) is 0. The van der Waals surface area contributed by atoms with Crippen LogP contribution in [0, 0.1) is 0 Å². The Labute approximate surface area is 137 Å². The SMILES string of the molecule is CCCOc1c(Cl)cc(C(=O)N2CCCCC2C)cc1OC. The highest BCUT2D eigenvalue weighted by atomic mass is 35.5. The highest BCUT2D eigenvalue weighted by Gasteiger charge is 2.26. The molecule has 1 heterocycles. The Balaban J connectivity index is 2.27. The average Bonchev–Trinajstić information content (AvgIpc) is 2.53. The minimum Gasteiger partial charge on any atom is -0.493 e. The maximum Gasteiger partial charge on any atom is 0.254 e. The van der Waals surface area contributed by atoms with Gasteiger partial charge >= 0.3 is 0 Å². The number of amides is 1. The molecule has 122 valence electrons. The van der Waals surface area contributed by atoms with Crippen LogP contribution in [0.15, 0.2) is 12.1 Å². The smallest absolute Gasteiger partial charge is 0.254 e. The quantitative estimate of drug-likeness (QED) is 0.816. The molecule has 1 unspecified atom stereocenters. The van der Waals surface area contributed by atoms with Crippen molar-refractivity contribution in [3.63, 3.8) is 0 Å². The Kier molecular flexibility index (Phi) is 5.95. The zero-order chi connectivity index (χ0) is 16.1. The van der Waals surface area contributed by atoms with Gasteiger partial charge in [-0.15, -0.1) is 0 Å². The minimum atomic E-state index is 0.00874. The Bertz CT molecular complexity index is 533. The van der Waals surface area contributed by atoms with Gasteiger partial charge in [0.2, 0.25) is 0 Å². The second-order valence-electron chi connectivity index (χ2n) is 5.68. The molecule has 1 aliphatic rings. The molecule has 5 heteroatoms. The van der Waals surface area contributed by atoms with Crippen LogP contribution in [0.5, 0.6) is 11.5 Å². The lowest BCUT2D eigenvalue weighted by atomic mass is 10.0. The molecule has 1 amide bonds. The average molecular weight is 326 g/mol. The standard InChI is InChI=1S/C17H24ClNO3/c1-4-9-22-16-14(18)10-13(11-15(16)21-3)17(20)19-8-6-5-7-12(19)2/h10-12H,4-9H2,1-3H3. The second kappa shape index (κ2) is 7.73. The zero-order valence-electron chi connectivity index (χ0n) is 13.5. The number of benzene rings is 1. The van der Waals surface area contributed by atoms with Crippen molar-refractivity contribution in [3.8, 4) is 11.5 Å². The Morgan fingerprint density at radius 1 is 1.41 bits per heavy atom. The summed E-state index contributed by atoms with van der Waals surface area (Å²) in [5.41, 5.74) is 0.555. The summed E-state index contributed by atoms with van der Waals surface area (Å²) in [7, 11) is 1.56. The third-order valence-corrected chi connectivity index (χ3v) is 4.27. The normalized spacial score (nSPS) is 18.2. The molecule has 1 atom stereocenters. The van der Waals surface area contributed by atoms with E-state index in [1.807, 2.05) is 11.8 Å². The molecule has 1 aliphatic heterocycles. The summed E-state index contributed by atoms with van der Waals surface area (Å²) >= 11 is 6.29. The molecular formula is C17H24ClNO3. The fourth-order valence-corrected chi connectivity index (χ4v) is 3.02. The first-order valence-corrected chi connectivity index (χ1v) is 8.27. The van der Waals surface area contributed by atoms with Crippen molar-refractivity contribution in [1.82, 2.24) is 4.90 Å². The molecule has 0 bridgehead atoms. The van der Waals surface area contributed by atoms with Gasteiger partial charge in [0.05, 0.1) is 18.7 Å². The van der Waals surface area contributed by atoms with Gasteiger partial charge in [-0.1, -0.05) is 18.5 Å². The Morgan fingerprint density at radius 2 is 2.18 bits per heavy atom. The van der Waals surface area contributed by atoms with Gasteiger partial charge in [0, 0.05) is 18.2 Å². The molecule has 2 rings (SSSR count). The number of nitrogens with zero attached hydrogens (tertiary/aromatic N) is 1. The predicted molar refractivity (Wildman–Crippen MR) is 88.1 cm³/mol. The van der Waals surface area contributed by atoms with Crippen LogP contribution in [0.3, 0.4) is 0 Å². The number of carbonyl (C=O) groups is 1. The number of methoxy groups -OCH3 is 1. The van der Waals surface area contributed by atoms with Crippen LogP contribution in [0.2, 0.25) is 5.02 Å². The number of likely N-dealkylation sites (tertiary alicyclic amines) is 1. The molecule has 0 radical (unpaired) electrons. The Morgan fingerprint density at radius 3 is 2.82 bits per heavy atom. The zero-order valence-corrected chi connectivity index (χ0v) is 14.3. The first kappa shape index (κ1) is 16.9. The number of carbonyl (C=O) groups excluding carboxylic acids is 1. The lowest BCUT2D eigenvalue weighted by Crippen LogP contribution is -2.42. The molecule has 1 aromatic carbocycles. The summed E-state index contributed by atoms with van der Waals surface area (Å²) in [5.74, 6) is 1.03. The molecule has 0 aromatic heterocycles. The van der Waals surface area contributed by atoms with Gasteiger partial charge in [-0.05, 0) is 44.7 Å². The fraction of sp³-hybridized carbons (Fsp3) is 0.588. The first-order chi connectivity index (χ1) is 10.6. The highest BCUT2D eigenvalue weighted by molar-refractivity contribution is 6.32. The lowest BCUT2D eigenvalue weighted by Gasteiger charge is -2.33. The lowest BCUT2D eigenvalue weighted by molar-refractivity contribution is 0.0635. The van der Waals surface area contributed by atoms with Crippen LogP contribution < -0.4 is 9.47 Å². The van der Waals surface area contributed by atoms with Gasteiger partial charge in [-0.25, -0.2) is 0 Å². The van der Waals surface area contributed by atoms with Crippen molar-refractivity contribution < 1.29 is 14.3 Å². The van der Waals surface area contributed by atoms with E-state index in [4.69, 9.17) is 21.1 Å². The maximum atomic E-state index is 12.7. The number of piperidine rings is 1. The van der Waals surface area contributed by atoms with Crippen LogP contribution in [-0.2, 0) is 0 Å². The molecule has 4 nitrogen and oxygen atoms in total. The van der Waals surface area contributed by atoms with Crippen LogP contribution in [0.25, 0.3) is 0 Å². The van der Waals surface area contributed by atoms with Gasteiger partial charge in [-0.2, -0.15) is 0 Å². The summed E-state index contributed by atoms with van der Waals surface area (Å²) in [5, 5.41) is 0.417. The van der Waals surface area contributed by atoms with E-state index in [0.717, 1.165) is 25.8 Å². The van der Waals surface area contributed by atoms with E-state index in [2.05, 4.69) is 6.92 Å². The first-order valence-electron chi connectivity index (χ1n) is 7.89. The van der Waals surface area contributed by atoms with Crippen molar-refractivity contribution in [2.24, 2.45) is 0 Å². The molecule has 1 aromatic rings. The van der Waals surface area contributed by atoms with Crippen LogP contribution in [-0.4, -0.2) is 37.1 Å². The minimum absolute atomic E-state index is 0.00874. The third kappa shape index (κ3) is 3.67. The monoisotopic (exact) mass is 325 g/mol. The van der Waals surface area contributed by atoms with Gasteiger partial charge < -0.3 is 14.4 Å². The van der Waals surface area contributed by atoms with Crippen molar-refractivity contribution in [3.05, 3.63) is 22.7 Å². The molecule has 1 saturated heterocycles. The van der Waals surface area contributed by atoms with Crippen molar-refractivity contribution in [1.29, 1.82) is 0 Å². The van der Waals surface area contributed by atoms with E-state index in [9.17, 15) is 4.79 Å². The topological polar surface area (TPSA) is 38.8 Å². The fourth-order valence-electron chi connectivity index (χ4n) is 2.75. The van der Waals surface area contributed by atoms with Crippen LogP contribution in [0.1, 0.15) is 49.9 Å². The highest BCUT2D eigenvalue weighted by Crippen LogP contribution is 2.37. The van der Waals surface area contributed by atoms with E-state index in [-0.39, 0.29) is 11.9 Å². The van der Waals surface area contributed by atoms with Crippen molar-refractivity contribution >= 4 is 17.5 Å². The predicted octanol–water partition coefficient (Wildman–Crippen LogP) is 4.15. The molecule has 0 N–H and O–H groups in total. The molecule has 0 aliphatic carbocycles. The maximum absolute atomic E-state index is 12.7. The summed E-state index contributed by atoms with van der Waals surface area (Å²) in [6.07, 6.45) is 4.16. The van der Waals surface area contributed by atoms with Crippen LogP contribution in [0.4, 0.5) is 0 Å². The van der Waals surface area contributed by atoms with Crippen molar-refractivity contribution in [2.45, 2.75) is 45.6 Å². The summed E-state index contributed by atoms with van der Waals surface area (Å²) < 4.78 is 11.0. The molecule has 0 saturated carbocycles. The van der Waals surface area contributed by atoms with E-state index >= 15 is 0 Å². The number of ether oxygens (including phenoxy) is 2. The Hall–Kier alpha value is -1.42. The molecular weight excluding hydrogens is 302 g/mol. The van der Waals surface area contributed by atoms with Crippen LogP contribution >= 0.6 is 11.6 Å². The van der Waals surface area contributed by atoms with E-state index in [0.29, 0.717) is 28.7 Å². The molecule has 22 heavy (non-hydrogen) atoms. The number of hydrogen-bond acceptors (Lipinski definition) is 3. The number of rotatable bonds is 5. The largest absolute Gasteiger partial charge is 0.493 e. The van der Waals surface area contributed by atoms with Gasteiger partial charge in [0.15, 0.2) is 11.5 Å². The van der Waals surface area contributed by atoms with E-state index in [1.165, 1.54) is 6.42 Å². The van der Waals surface area contributed by atoms with Gasteiger partial charge in [0.1, 0.15) is 0 Å². The molecule has 1 fully saturated rings. The summed E-state index contributed by atoms with van der Waals surface area (Å²) in [4.78, 5) is 14.6. The summed E-state index contributed by atoms with van der Waals surface area (Å²) in [6, 6.07) is 3.67. The van der Waals surface area contributed by atoms with Gasteiger partial charge in [0.25, 0.3) is 5.91 Å². The van der Waals surface area contributed by atoms with E-state index < -0.39 is 0 Å². The van der Waals surface area contributed by atoms with Crippen molar-refractivity contribution in [2.75, 3.05) is 20.3 Å².